The molecule has 3 aromatic rings. The molecule has 0 saturated heterocycles. The van der Waals surface area contributed by atoms with Crippen LogP contribution >= 0.6 is 0 Å². The molecule has 4 rings (SSSR count). The minimum absolute atomic E-state index is 0.0980. The van der Waals surface area contributed by atoms with Crippen LogP contribution in [0.5, 0.6) is 5.75 Å². The van der Waals surface area contributed by atoms with Crippen molar-refractivity contribution in [3.8, 4) is 16.9 Å². The number of carbonyl (C=O) groups excluding carboxylic acids is 2. The highest BCUT2D eigenvalue weighted by Gasteiger charge is 2.54. The Morgan fingerprint density at radius 3 is 2.62 bits per heavy atom. The third kappa shape index (κ3) is 4.74. The lowest BCUT2D eigenvalue weighted by atomic mass is 10.1. The van der Waals surface area contributed by atoms with Gasteiger partial charge in [-0.25, -0.2) is 4.79 Å². The zero-order valence-electron chi connectivity index (χ0n) is 18.3. The van der Waals surface area contributed by atoms with Crippen LogP contribution in [0.3, 0.4) is 0 Å². The van der Waals surface area contributed by atoms with E-state index >= 15 is 0 Å². The molecule has 2 aromatic carbocycles. The summed E-state index contributed by atoms with van der Waals surface area (Å²) in [6, 6.07) is 13.2. The highest BCUT2D eigenvalue weighted by molar-refractivity contribution is 5.90. The highest BCUT2D eigenvalue weighted by Crippen LogP contribution is 2.44. The maximum absolute atomic E-state index is 12.6. The van der Waals surface area contributed by atoms with Gasteiger partial charge in [0.2, 0.25) is 0 Å². The number of hydrogen-bond donors (Lipinski definition) is 2. The molecule has 2 amide bonds. The van der Waals surface area contributed by atoms with Crippen molar-refractivity contribution in [3.05, 3.63) is 66.0 Å². The van der Waals surface area contributed by atoms with E-state index in [1.54, 1.807) is 38.6 Å². The molecule has 1 saturated carbocycles. The van der Waals surface area contributed by atoms with Crippen molar-refractivity contribution in [2.24, 2.45) is 0 Å². The Bertz CT molecular complexity index is 1120. The zero-order chi connectivity index (χ0) is 22.7. The van der Waals surface area contributed by atoms with Crippen molar-refractivity contribution < 1.29 is 19.1 Å². The van der Waals surface area contributed by atoms with Crippen molar-refractivity contribution in [1.82, 2.24) is 15.1 Å². The average Bonchev–Trinajstić information content (AvgIpc) is 3.33. The van der Waals surface area contributed by atoms with E-state index in [9.17, 15) is 9.59 Å². The van der Waals surface area contributed by atoms with E-state index in [0.29, 0.717) is 24.3 Å². The predicted octanol–water partition coefficient (Wildman–Crippen LogP) is 4.13. The molecule has 0 atom stereocenters. The molecule has 1 heterocycles. The first-order valence-electron chi connectivity index (χ1n) is 10.4. The van der Waals surface area contributed by atoms with Crippen molar-refractivity contribution in [3.63, 3.8) is 0 Å². The topological polar surface area (TPSA) is 96.5 Å². The summed E-state index contributed by atoms with van der Waals surface area (Å²) < 4.78 is 11.6. The lowest BCUT2D eigenvalue weighted by molar-refractivity contribution is -0.138. The Morgan fingerprint density at radius 1 is 1.16 bits per heavy atom. The maximum Gasteiger partial charge on any atom is 0.412 e. The fraction of sp³-hybridized carbons (Fsp3) is 0.292. The van der Waals surface area contributed by atoms with Crippen LogP contribution in [-0.4, -0.2) is 46.8 Å². The number of H-pyrrole nitrogens is 1. The van der Waals surface area contributed by atoms with E-state index in [1.165, 1.54) is 4.90 Å². The third-order valence-corrected chi connectivity index (χ3v) is 5.31. The van der Waals surface area contributed by atoms with Crippen LogP contribution in [0.4, 0.5) is 10.5 Å². The molecule has 8 heteroatoms. The lowest BCUT2D eigenvalue weighted by Gasteiger charge is -2.23. The second-order valence-electron chi connectivity index (χ2n) is 8.18. The molecule has 8 nitrogen and oxygen atoms in total. The van der Waals surface area contributed by atoms with E-state index in [-0.39, 0.29) is 12.5 Å². The van der Waals surface area contributed by atoms with Crippen molar-refractivity contribution in [1.29, 1.82) is 0 Å². The van der Waals surface area contributed by atoms with Gasteiger partial charge in [0.25, 0.3) is 5.91 Å². The standard InChI is InChI=1S/C24H26N4O4/c1-16-5-4-6-17(11-16)15-31-23(30)27-20-8-7-18(19-13-25-26-14-19)12-21(20)32-24(9-10-24)22(29)28(2)3/h4-8,11-14H,9-10,15H2,1-3H3,(H,25,26)(H,27,30). The number of likely N-dealkylation sites (N-methyl/N-ethyl adjacent to an activating group) is 1. The van der Waals surface area contributed by atoms with Crippen LogP contribution in [0.2, 0.25) is 0 Å². The first-order chi connectivity index (χ1) is 15.4. The number of aryl methyl sites for hydroxylation is 1. The largest absolute Gasteiger partial charge is 0.475 e. The molecule has 1 aliphatic carbocycles. The number of rotatable bonds is 7. The number of hydrogen-bond acceptors (Lipinski definition) is 5. The van der Waals surface area contributed by atoms with E-state index in [0.717, 1.165) is 22.3 Å². The summed E-state index contributed by atoms with van der Waals surface area (Å²) in [5, 5.41) is 9.52. The Hall–Kier alpha value is -3.81. The Balaban J connectivity index is 1.54. The Kier molecular flexibility index (Phi) is 5.85. The number of ether oxygens (including phenoxy) is 2. The van der Waals surface area contributed by atoms with Crippen LogP contribution in [0.1, 0.15) is 24.0 Å². The van der Waals surface area contributed by atoms with Gasteiger partial charge in [-0.3, -0.25) is 15.2 Å². The van der Waals surface area contributed by atoms with Crippen molar-refractivity contribution >= 4 is 17.7 Å². The second kappa shape index (κ2) is 8.74. The van der Waals surface area contributed by atoms with Gasteiger partial charge in [0, 0.05) is 38.7 Å². The van der Waals surface area contributed by atoms with Crippen molar-refractivity contribution in [2.45, 2.75) is 32.0 Å². The smallest absolute Gasteiger partial charge is 0.412 e. The number of benzene rings is 2. The van der Waals surface area contributed by atoms with Gasteiger partial charge in [0.1, 0.15) is 12.4 Å². The fourth-order valence-corrected chi connectivity index (χ4v) is 3.49. The molecule has 0 bridgehead atoms. The summed E-state index contributed by atoms with van der Waals surface area (Å²) in [7, 11) is 3.41. The predicted molar refractivity (Wildman–Crippen MR) is 120 cm³/mol. The van der Waals surface area contributed by atoms with E-state index in [1.807, 2.05) is 37.3 Å². The number of carbonyl (C=O) groups is 2. The fourth-order valence-electron chi connectivity index (χ4n) is 3.49. The van der Waals surface area contributed by atoms with Gasteiger partial charge >= 0.3 is 6.09 Å². The summed E-state index contributed by atoms with van der Waals surface area (Å²) >= 11 is 0. The normalized spacial score (nSPS) is 13.8. The Morgan fingerprint density at radius 2 is 1.97 bits per heavy atom. The van der Waals surface area contributed by atoms with Gasteiger partial charge in [-0.05, 0) is 30.2 Å². The van der Waals surface area contributed by atoms with Crippen LogP contribution < -0.4 is 10.1 Å². The number of aromatic amines is 1. The molecule has 0 radical (unpaired) electrons. The van der Waals surface area contributed by atoms with Gasteiger partial charge in [-0.1, -0.05) is 35.9 Å². The minimum atomic E-state index is -0.902. The molecule has 1 aromatic heterocycles. The van der Waals surface area contributed by atoms with Gasteiger partial charge in [-0.15, -0.1) is 0 Å². The molecule has 32 heavy (non-hydrogen) atoms. The number of nitrogens with one attached hydrogen (secondary N) is 2. The Labute approximate surface area is 186 Å². The minimum Gasteiger partial charge on any atom is -0.475 e. The van der Waals surface area contributed by atoms with Gasteiger partial charge in [0.15, 0.2) is 5.60 Å². The van der Waals surface area contributed by atoms with E-state index in [4.69, 9.17) is 9.47 Å². The summed E-state index contributed by atoms with van der Waals surface area (Å²) in [5.74, 6) is 0.308. The molecule has 1 aliphatic rings. The summed E-state index contributed by atoms with van der Waals surface area (Å²) in [6.07, 6.45) is 4.10. The monoisotopic (exact) mass is 434 g/mol. The summed E-state index contributed by atoms with van der Waals surface area (Å²) in [5.41, 5.74) is 3.25. The molecular formula is C24H26N4O4. The molecular weight excluding hydrogens is 408 g/mol. The van der Waals surface area contributed by atoms with Gasteiger partial charge in [-0.2, -0.15) is 5.10 Å². The lowest BCUT2D eigenvalue weighted by Crippen LogP contribution is -2.39. The van der Waals surface area contributed by atoms with Crippen molar-refractivity contribution in [2.75, 3.05) is 19.4 Å². The van der Waals surface area contributed by atoms with Gasteiger partial charge in [0.05, 0.1) is 11.9 Å². The maximum atomic E-state index is 12.6. The molecule has 166 valence electrons. The molecule has 0 unspecified atom stereocenters. The van der Waals surface area contributed by atoms with Crippen LogP contribution in [0.15, 0.2) is 54.9 Å². The first kappa shape index (κ1) is 21.4. The number of amides is 2. The van der Waals surface area contributed by atoms with Crippen LogP contribution in [0, 0.1) is 6.92 Å². The molecule has 0 aliphatic heterocycles. The highest BCUT2D eigenvalue weighted by atomic mass is 16.5. The second-order valence-corrected chi connectivity index (χ2v) is 8.18. The molecule has 1 fully saturated rings. The van der Waals surface area contributed by atoms with Crippen LogP contribution in [-0.2, 0) is 16.1 Å². The zero-order valence-corrected chi connectivity index (χ0v) is 18.3. The average molecular weight is 434 g/mol. The van der Waals surface area contributed by atoms with E-state index in [2.05, 4.69) is 15.5 Å². The van der Waals surface area contributed by atoms with E-state index < -0.39 is 11.7 Å². The van der Waals surface area contributed by atoms with Gasteiger partial charge < -0.3 is 14.4 Å². The number of nitrogens with zero attached hydrogens (tertiary/aromatic N) is 2. The first-order valence-corrected chi connectivity index (χ1v) is 10.4. The summed E-state index contributed by atoms with van der Waals surface area (Å²) in [6.45, 7) is 2.14. The number of anilines is 1. The number of aromatic nitrogens is 2. The summed E-state index contributed by atoms with van der Waals surface area (Å²) in [4.78, 5) is 26.6. The molecule has 0 spiro atoms. The van der Waals surface area contributed by atoms with Crippen LogP contribution in [0.25, 0.3) is 11.1 Å². The quantitative estimate of drug-likeness (QED) is 0.583. The molecule has 2 N–H and O–H groups in total. The SMILES string of the molecule is Cc1cccc(COC(=O)Nc2ccc(-c3cn[nH]c3)cc2OC2(C(=O)N(C)C)CC2)c1. The third-order valence-electron chi connectivity index (χ3n) is 5.31.